The third-order valence-corrected chi connectivity index (χ3v) is 9.84. The molecule has 0 N–H and O–H groups in total. The predicted molar refractivity (Wildman–Crippen MR) is 105 cm³/mol. The Morgan fingerprint density at radius 1 is 1.00 bits per heavy atom. The first-order valence-corrected chi connectivity index (χ1v) is 14.6. The molecule has 1 atom stereocenters. The molecular weight excluding hydrogens is 300 g/mol. The van der Waals surface area contributed by atoms with E-state index in [0.29, 0.717) is 6.42 Å². The van der Waals surface area contributed by atoms with Crippen molar-refractivity contribution in [3.8, 4) is 23.8 Å². The molecule has 1 nitrogen and oxygen atoms in total. The van der Waals surface area contributed by atoms with Crippen LogP contribution in [0.3, 0.4) is 0 Å². The summed E-state index contributed by atoms with van der Waals surface area (Å²) in [5, 5.41) is 0.194. The van der Waals surface area contributed by atoms with Gasteiger partial charge in [-0.1, -0.05) is 54.3 Å². The molecule has 126 valence electrons. The summed E-state index contributed by atoms with van der Waals surface area (Å²) in [6.45, 7) is 22.7. The third kappa shape index (κ3) is 7.18. The molecule has 0 saturated carbocycles. The van der Waals surface area contributed by atoms with Crippen LogP contribution in [0.2, 0.25) is 37.8 Å². The first kappa shape index (κ1) is 21.5. The quantitative estimate of drug-likeness (QED) is 0.462. The monoisotopic (exact) mass is 336 g/mol. The van der Waals surface area contributed by atoms with E-state index in [4.69, 9.17) is 10.8 Å². The zero-order chi connectivity index (χ0) is 17.8. The molecule has 0 aliphatic carbocycles. The lowest BCUT2D eigenvalue weighted by Crippen LogP contribution is -2.47. The van der Waals surface area contributed by atoms with Crippen LogP contribution in [-0.2, 0) is 4.43 Å². The van der Waals surface area contributed by atoms with Crippen molar-refractivity contribution in [1.29, 1.82) is 0 Å². The molecule has 0 rings (SSSR count). The van der Waals surface area contributed by atoms with Gasteiger partial charge in [-0.05, 0) is 18.1 Å². The van der Waals surface area contributed by atoms with Gasteiger partial charge >= 0.3 is 0 Å². The molecule has 22 heavy (non-hydrogen) atoms. The van der Waals surface area contributed by atoms with Gasteiger partial charge in [0, 0.05) is 18.3 Å². The van der Waals surface area contributed by atoms with E-state index in [1.807, 2.05) is 0 Å². The fourth-order valence-corrected chi connectivity index (χ4v) is 3.85. The lowest BCUT2D eigenvalue weighted by Gasteiger charge is -2.43. The predicted octanol–water partition coefficient (Wildman–Crippen LogP) is 5.70. The Kier molecular flexibility index (Phi) is 7.23. The van der Waals surface area contributed by atoms with Crippen LogP contribution in [0.25, 0.3) is 0 Å². The standard InChI is InChI=1S/C19H36OSi2/c1-12-14-17(20-22(10,11)18(2,3)4)19(5,6)15-13-16-21(7,8)9/h1,17H,14-15H2,2-11H3. The van der Waals surface area contributed by atoms with E-state index < -0.39 is 16.4 Å². The molecule has 0 bridgehead atoms. The highest BCUT2D eigenvalue weighted by molar-refractivity contribution is 6.83. The highest BCUT2D eigenvalue weighted by Gasteiger charge is 2.42. The highest BCUT2D eigenvalue weighted by Crippen LogP contribution is 2.41. The van der Waals surface area contributed by atoms with E-state index in [1.54, 1.807) is 0 Å². The van der Waals surface area contributed by atoms with Crippen molar-refractivity contribution < 1.29 is 4.43 Å². The minimum Gasteiger partial charge on any atom is -0.412 e. The lowest BCUT2D eigenvalue weighted by atomic mass is 9.82. The van der Waals surface area contributed by atoms with Crippen molar-refractivity contribution >= 4 is 16.4 Å². The van der Waals surface area contributed by atoms with Gasteiger partial charge in [-0.25, -0.2) is 0 Å². The van der Waals surface area contributed by atoms with Gasteiger partial charge in [0.05, 0.1) is 6.10 Å². The lowest BCUT2D eigenvalue weighted by molar-refractivity contribution is 0.0677. The van der Waals surface area contributed by atoms with Gasteiger partial charge in [0.25, 0.3) is 0 Å². The van der Waals surface area contributed by atoms with Crippen LogP contribution < -0.4 is 0 Å². The van der Waals surface area contributed by atoms with E-state index >= 15 is 0 Å². The first-order valence-electron chi connectivity index (χ1n) is 8.24. The molecule has 0 heterocycles. The molecule has 0 aromatic heterocycles. The summed E-state index contributed by atoms with van der Waals surface area (Å²) in [6.07, 6.45) is 7.19. The Morgan fingerprint density at radius 3 is 1.86 bits per heavy atom. The minimum atomic E-state index is -1.83. The smallest absolute Gasteiger partial charge is 0.192 e. The van der Waals surface area contributed by atoms with E-state index in [1.165, 1.54) is 0 Å². The Balaban J connectivity index is 5.23. The maximum atomic E-state index is 6.63. The van der Waals surface area contributed by atoms with Gasteiger partial charge in [-0.15, -0.1) is 23.8 Å². The molecule has 0 saturated heterocycles. The number of rotatable bonds is 5. The van der Waals surface area contributed by atoms with Gasteiger partial charge < -0.3 is 4.43 Å². The fraction of sp³-hybridized carbons (Fsp3) is 0.789. The molecule has 0 aromatic rings. The fourth-order valence-electron chi connectivity index (χ4n) is 1.77. The third-order valence-electron chi connectivity index (χ3n) is 4.43. The molecule has 0 aromatic carbocycles. The van der Waals surface area contributed by atoms with Crippen LogP contribution in [-0.4, -0.2) is 22.5 Å². The van der Waals surface area contributed by atoms with Crippen LogP contribution in [0, 0.1) is 29.2 Å². The molecular formula is C19H36OSi2. The van der Waals surface area contributed by atoms with Crippen molar-refractivity contribution in [2.75, 3.05) is 0 Å². The Bertz CT molecular complexity index is 459. The summed E-state index contributed by atoms with van der Waals surface area (Å²) >= 11 is 0. The van der Waals surface area contributed by atoms with Crippen molar-refractivity contribution in [2.45, 2.75) is 91.3 Å². The molecule has 0 amide bonds. The zero-order valence-corrected chi connectivity index (χ0v) is 18.5. The van der Waals surface area contributed by atoms with E-state index in [-0.39, 0.29) is 16.6 Å². The Morgan fingerprint density at radius 2 is 1.50 bits per heavy atom. The average molecular weight is 337 g/mol. The summed E-state index contributed by atoms with van der Waals surface area (Å²) in [4.78, 5) is 0. The highest BCUT2D eigenvalue weighted by atomic mass is 28.4. The maximum absolute atomic E-state index is 6.63. The van der Waals surface area contributed by atoms with Gasteiger partial charge in [-0.3, -0.25) is 0 Å². The SMILES string of the molecule is C#CCC(O[Si](C)(C)C(C)(C)C)C(C)(C)CC#C[Si](C)(C)C. The van der Waals surface area contributed by atoms with Crippen LogP contribution in [0.15, 0.2) is 0 Å². The minimum absolute atomic E-state index is 0.0193. The van der Waals surface area contributed by atoms with Crippen LogP contribution >= 0.6 is 0 Å². The summed E-state index contributed by atoms with van der Waals surface area (Å²) in [7, 11) is -3.15. The van der Waals surface area contributed by atoms with Crippen LogP contribution in [0.4, 0.5) is 0 Å². The average Bonchev–Trinajstić information content (AvgIpc) is 2.24. The van der Waals surface area contributed by atoms with E-state index in [2.05, 4.69) is 84.7 Å². The van der Waals surface area contributed by atoms with E-state index in [0.717, 1.165) is 6.42 Å². The largest absolute Gasteiger partial charge is 0.412 e. The topological polar surface area (TPSA) is 9.23 Å². The second kappa shape index (κ2) is 7.39. The van der Waals surface area contributed by atoms with Crippen LogP contribution in [0.5, 0.6) is 0 Å². The Hall–Kier alpha value is -0.486. The summed E-state index contributed by atoms with van der Waals surface area (Å²) in [5.74, 6) is 6.22. The maximum Gasteiger partial charge on any atom is 0.192 e. The van der Waals surface area contributed by atoms with Gasteiger partial charge in [0.15, 0.2) is 8.32 Å². The van der Waals surface area contributed by atoms with Crippen LogP contribution in [0.1, 0.15) is 47.5 Å². The molecule has 0 aliphatic rings. The van der Waals surface area contributed by atoms with Crippen molar-refractivity contribution in [3.05, 3.63) is 0 Å². The summed E-state index contributed by atoms with van der Waals surface area (Å²) in [6, 6.07) is 0. The number of hydrogen-bond donors (Lipinski definition) is 0. The number of hydrogen-bond acceptors (Lipinski definition) is 1. The van der Waals surface area contributed by atoms with Gasteiger partial charge in [0.2, 0.25) is 0 Å². The second-order valence-corrected chi connectivity index (χ2v) is 19.0. The molecule has 0 aliphatic heterocycles. The molecule has 1 unspecified atom stereocenters. The molecule has 3 heteroatoms. The second-order valence-electron chi connectivity index (χ2n) is 9.49. The summed E-state index contributed by atoms with van der Waals surface area (Å²) in [5.41, 5.74) is 3.44. The number of terminal acetylenes is 1. The normalized spacial score (nSPS) is 14.8. The summed E-state index contributed by atoms with van der Waals surface area (Å²) < 4.78 is 6.63. The molecule has 0 fully saturated rings. The van der Waals surface area contributed by atoms with Crippen molar-refractivity contribution in [3.63, 3.8) is 0 Å². The van der Waals surface area contributed by atoms with Crippen molar-refractivity contribution in [2.24, 2.45) is 5.41 Å². The van der Waals surface area contributed by atoms with Gasteiger partial charge in [-0.2, -0.15) is 0 Å². The van der Waals surface area contributed by atoms with E-state index in [9.17, 15) is 0 Å². The van der Waals surface area contributed by atoms with Gasteiger partial charge in [0.1, 0.15) is 8.07 Å². The Labute approximate surface area is 141 Å². The van der Waals surface area contributed by atoms with Crippen molar-refractivity contribution in [1.82, 2.24) is 0 Å². The molecule has 0 spiro atoms. The zero-order valence-electron chi connectivity index (χ0n) is 16.5. The first-order chi connectivity index (χ1) is 9.62. The molecule has 0 radical (unpaired) electrons.